The van der Waals surface area contributed by atoms with Crippen LogP contribution in [0.25, 0.3) is 0 Å². The van der Waals surface area contributed by atoms with Crippen molar-refractivity contribution >= 4 is 11.9 Å². The van der Waals surface area contributed by atoms with Gasteiger partial charge in [-0.15, -0.1) is 0 Å². The summed E-state index contributed by atoms with van der Waals surface area (Å²) in [6.07, 6.45) is 0.353. The van der Waals surface area contributed by atoms with Crippen molar-refractivity contribution in [3.8, 4) is 6.07 Å². The van der Waals surface area contributed by atoms with Gasteiger partial charge in [-0.2, -0.15) is 5.26 Å². The van der Waals surface area contributed by atoms with E-state index in [9.17, 15) is 4.79 Å². The lowest BCUT2D eigenvalue weighted by Crippen LogP contribution is -2.28. The molecule has 0 atom stereocenters. The number of rotatable bonds is 6. The number of nitrogens with zero attached hydrogens (tertiary/aromatic N) is 3. The van der Waals surface area contributed by atoms with Crippen LogP contribution in [-0.2, 0) is 4.79 Å². The van der Waals surface area contributed by atoms with Crippen LogP contribution in [0.2, 0.25) is 0 Å². The summed E-state index contributed by atoms with van der Waals surface area (Å²) in [4.78, 5) is 19.6. The highest BCUT2D eigenvalue weighted by molar-refractivity contribution is 5.76. The van der Waals surface area contributed by atoms with Gasteiger partial charge in [-0.1, -0.05) is 13.8 Å². The van der Waals surface area contributed by atoms with Crippen molar-refractivity contribution in [3.05, 3.63) is 17.5 Å². The molecule has 1 aromatic rings. The molecular formula is C13H19N5O. The molecule has 0 unspecified atom stereocenters. The molecule has 0 radical (unpaired) electrons. The predicted octanol–water partition coefficient (Wildman–Crippen LogP) is 1.23. The largest absolute Gasteiger partial charge is 0.356 e. The van der Waals surface area contributed by atoms with E-state index in [4.69, 9.17) is 5.26 Å². The number of hydrogen-bond acceptors (Lipinski definition) is 5. The van der Waals surface area contributed by atoms with Gasteiger partial charge in [-0.05, 0) is 18.9 Å². The Bertz CT molecular complexity index is 478. The lowest BCUT2D eigenvalue weighted by Gasteiger charge is -2.08. The van der Waals surface area contributed by atoms with E-state index < -0.39 is 0 Å². The first-order chi connectivity index (χ1) is 9.01. The molecule has 1 aromatic heterocycles. The molecule has 0 fully saturated rings. The predicted molar refractivity (Wildman–Crippen MR) is 72.4 cm³/mol. The maximum Gasteiger partial charge on any atom is 0.224 e. The van der Waals surface area contributed by atoms with E-state index in [-0.39, 0.29) is 5.91 Å². The minimum Gasteiger partial charge on any atom is -0.356 e. The average Bonchev–Trinajstić information content (AvgIpc) is 2.35. The van der Waals surface area contributed by atoms with Gasteiger partial charge in [0, 0.05) is 25.2 Å². The highest BCUT2D eigenvalue weighted by atomic mass is 16.1. The van der Waals surface area contributed by atoms with Gasteiger partial charge in [0.15, 0.2) is 0 Å². The van der Waals surface area contributed by atoms with Crippen LogP contribution in [0, 0.1) is 24.2 Å². The van der Waals surface area contributed by atoms with Crippen LogP contribution in [-0.4, -0.2) is 29.0 Å². The molecule has 2 N–H and O–H groups in total. The number of nitrogens with one attached hydrogen (secondary N) is 2. The van der Waals surface area contributed by atoms with E-state index >= 15 is 0 Å². The zero-order valence-corrected chi connectivity index (χ0v) is 11.5. The minimum absolute atomic E-state index is 0.00522. The van der Waals surface area contributed by atoms with Crippen LogP contribution < -0.4 is 10.6 Å². The van der Waals surface area contributed by atoms with Crippen LogP contribution in [0.1, 0.15) is 31.7 Å². The monoisotopic (exact) mass is 261 g/mol. The maximum atomic E-state index is 11.5. The Kier molecular flexibility index (Phi) is 5.73. The van der Waals surface area contributed by atoms with Gasteiger partial charge in [0.25, 0.3) is 0 Å². The molecule has 0 aliphatic carbocycles. The number of aromatic nitrogens is 2. The van der Waals surface area contributed by atoms with Crippen LogP contribution in [0.4, 0.5) is 5.95 Å². The lowest BCUT2D eigenvalue weighted by molar-refractivity contribution is -0.120. The molecule has 1 heterocycles. The third-order valence-electron chi connectivity index (χ3n) is 2.31. The number of amides is 1. The highest BCUT2D eigenvalue weighted by Gasteiger charge is 2.04. The van der Waals surface area contributed by atoms with Gasteiger partial charge in [0.05, 0.1) is 0 Å². The fraction of sp³-hybridized carbons (Fsp3) is 0.538. The Morgan fingerprint density at radius 1 is 1.47 bits per heavy atom. The van der Waals surface area contributed by atoms with Crippen molar-refractivity contribution in [2.24, 2.45) is 5.92 Å². The average molecular weight is 261 g/mol. The lowest BCUT2D eigenvalue weighted by atomic mass is 10.2. The molecule has 0 saturated heterocycles. The van der Waals surface area contributed by atoms with E-state index in [1.807, 2.05) is 19.9 Å². The SMILES string of the molecule is Cc1cc(C#N)nc(NCCC(=O)NCC(C)C)n1. The number of hydrogen-bond donors (Lipinski definition) is 2. The standard InChI is InChI=1S/C13H19N5O/c1-9(2)8-16-12(19)4-5-15-13-17-10(3)6-11(7-14)18-13/h6,9H,4-5,8H2,1-3H3,(H,16,19)(H,15,17,18). The summed E-state index contributed by atoms with van der Waals surface area (Å²) in [5.41, 5.74) is 1.04. The van der Waals surface area contributed by atoms with Crippen molar-refractivity contribution in [2.45, 2.75) is 27.2 Å². The normalized spacial score (nSPS) is 10.1. The van der Waals surface area contributed by atoms with Crippen molar-refractivity contribution in [1.82, 2.24) is 15.3 Å². The molecule has 1 amide bonds. The molecule has 6 heteroatoms. The Hall–Kier alpha value is -2.16. The zero-order valence-electron chi connectivity index (χ0n) is 11.5. The van der Waals surface area contributed by atoms with Crippen molar-refractivity contribution < 1.29 is 4.79 Å². The molecule has 6 nitrogen and oxygen atoms in total. The van der Waals surface area contributed by atoms with E-state index in [1.165, 1.54) is 0 Å². The van der Waals surface area contributed by atoms with Crippen LogP contribution in [0.3, 0.4) is 0 Å². The second-order valence-corrected chi connectivity index (χ2v) is 4.70. The summed E-state index contributed by atoms with van der Waals surface area (Å²) in [6.45, 7) is 7.00. The summed E-state index contributed by atoms with van der Waals surface area (Å²) in [5, 5.41) is 14.6. The number of aryl methyl sites for hydroxylation is 1. The van der Waals surface area contributed by atoms with E-state index in [1.54, 1.807) is 13.0 Å². The molecule has 19 heavy (non-hydrogen) atoms. The summed E-state index contributed by atoms with van der Waals surface area (Å²) < 4.78 is 0. The van der Waals surface area contributed by atoms with E-state index in [0.717, 1.165) is 5.69 Å². The van der Waals surface area contributed by atoms with Gasteiger partial charge < -0.3 is 10.6 Å². The van der Waals surface area contributed by atoms with E-state index in [2.05, 4.69) is 20.6 Å². The Morgan fingerprint density at radius 3 is 2.84 bits per heavy atom. The molecule has 0 aliphatic heterocycles. The first-order valence-corrected chi connectivity index (χ1v) is 6.27. The van der Waals surface area contributed by atoms with Gasteiger partial charge in [-0.3, -0.25) is 4.79 Å². The molecular weight excluding hydrogens is 242 g/mol. The number of nitriles is 1. The Morgan fingerprint density at radius 2 is 2.21 bits per heavy atom. The van der Waals surface area contributed by atoms with Crippen LogP contribution in [0.5, 0.6) is 0 Å². The molecule has 0 spiro atoms. The third kappa shape index (κ3) is 5.82. The second kappa shape index (κ2) is 7.31. The molecule has 0 aromatic carbocycles. The van der Waals surface area contributed by atoms with Gasteiger partial charge in [0.1, 0.15) is 11.8 Å². The number of carbonyl (C=O) groups is 1. The molecule has 102 valence electrons. The highest BCUT2D eigenvalue weighted by Crippen LogP contribution is 2.03. The zero-order chi connectivity index (χ0) is 14.3. The quantitative estimate of drug-likeness (QED) is 0.803. The van der Waals surface area contributed by atoms with Gasteiger partial charge >= 0.3 is 0 Å². The fourth-order valence-electron chi connectivity index (χ4n) is 1.40. The Balaban J connectivity index is 2.39. The van der Waals surface area contributed by atoms with E-state index in [0.29, 0.717) is 37.1 Å². The number of carbonyl (C=O) groups excluding carboxylic acids is 1. The minimum atomic E-state index is -0.00522. The smallest absolute Gasteiger partial charge is 0.224 e. The molecule has 1 rings (SSSR count). The second-order valence-electron chi connectivity index (χ2n) is 4.70. The van der Waals surface area contributed by atoms with Crippen LogP contribution in [0.15, 0.2) is 6.07 Å². The molecule has 0 aliphatic rings. The Labute approximate surface area is 113 Å². The summed E-state index contributed by atoms with van der Waals surface area (Å²) in [5.74, 6) is 0.817. The molecule has 0 bridgehead atoms. The summed E-state index contributed by atoms with van der Waals surface area (Å²) in [7, 11) is 0. The van der Waals surface area contributed by atoms with Crippen LogP contribution >= 0.6 is 0 Å². The summed E-state index contributed by atoms with van der Waals surface area (Å²) >= 11 is 0. The third-order valence-corrected chi connectivity index (χ3v) is 2.31. The van der Waals surface area contributed by atoms with Gasteiger partial charge in [-0.25, -0.2) is 9.97 Å². The van der Waals surface area contributed by atoms with Crippen molar-refractivity contribution in [2.75, 3.05) is 18.4 Å². The first-order valence-electron chi connectivity index (χ1n) is 6.27. The fourth-order valence-corrected chi connectivity index (χ4v) is 1.40. The van der Waals surface area contributed by atoms with Gasteiger partial charge in [0.2, 0.25) is 11.9 Å². The first kappa shape index (κ1) is 14.9. The van der Waals surface area contributed by atoms with Crippen molar-refractivity contribution in [1.29, 1.82) is 5.26 Å². The maximum absolute atomic E-state index is 11.5. The topological polar surface area (TPSA) is 90.7 Å². The molecule has 0 saturated carbocycles. The summed E-state index contributed by atoms with van der Waals surface area (Å²) in [6, 6.07) is 3.58. The number of anilines is 1. The van der Waals surface area contributed by atoms with Crippen molar-refractivity contribution in [3.63, 3.8) is 0 Å².